The Labute approximate surface area is 197 Å². The maximum atomic E-state index is 15.1. The lowest BCUT2D eigenvalue weighted by Crippen LogP contribution is -2.04. The quantitative estimate of drug-likeness (QED) is 0.239. The normalized spacial score (nSPS) is 11.7. The van der Waals surface area contributed by atoms with Crippen LogP contribution in [0.3, 0.4) is 0 Å². The van der Waals surface area contributed by atoms with Gasteiger partial charge in [-0.3, -0.25) is 0 Å². The van der Waals surface area contributed by atoms with E-state index in [2.05, 4.69) is 12.1 Å². The molecule has 5 heteroatoms. The first-order chi connectivity index (χ1) is 16.3. The molecular formula is C29H26F4O. The van der Waals surface area contributed by atoms with Crippen molar-refractivity contribution in [2.45, 2.75) is 38.8 Å². The Morgan fingerprint density at radius 3 is 1.91 bits per heavy atom. The molecule has 176 valence electrons. The van der Waals surface area contributed by atoms with E-state index in [0.717, 1.165) is 47.2 Å². The van der Waals surface area contributed by atoms with Crippen LogP contribution in [0.5, 0.6) is 5.75 Å². The van der Waals surface area contributed by atoms with Gasteiger partial charge in [-0.2, -0.15) is 13.2 Å². The van der Waals surface area contributed by atoms with Gasteiger partial charge in [0, 0.05) is 5.39 Å². The van der Waals surface area contributed by atoms with Crippen molar-refractivity contribution in [3.63, 3.8) is 0 Å². The van der Waals surface area contributed by atoms with Crippen molar-refractivity contribution in [1.29, 1.82) is 0 Å². The van der Waals surface area contributed by atoms with Crippen LogP contribution >= 0.6 is 0 Å². The van der Waals surface area contributed by atoms with E-state index in [-0.39, 0.29) is 5.82 Å². The molecule has 0 saturated carbocycles. The number of halogens is 4. The van der Waals surface area contributed by atoms with Crippen LogP contribution in [0.1, 0.15) is 34.7 Å². The molecule has 0 radical (unpaired) electrons. The molecule has 0 heterocycles. The summed E-state index contributed by atoms with van der Waals surface area (Å²) < 4.78 is 58.8. The molecule has 0 fully saturated rings. The van der Waals surface area contributed by atoms with Crippen LogP contribution in [-0.4, -0.2) is 6.61 Å². The van der Waals surface area contributed by atoms with Gasteiger partial charge in [0.05, 0.1) is 12.2 Å². The fraction of sp³-hybridized carbons (Fsp3) is 0.241. The monoisotopic (exact) mass is 466 g/mol. The third kappa shape index (κ3) is 5.77. The Hall–Kier alpha value is -3.34. The summed E-state index contributed by atoms with van der Waals surface area (Å²) in [5.74, 6) is 0.601. The topological polar surface area (TPSA) is 9.23 Å². The van der Waals surface area contributed by atoms with Crippen molar-refractivity contribution in [3.05, 3.63) is 112 Å². The number of alkyl halides is 3. The molecule has 0 amide bonds. The Morgan fingerprint density at radius 1 is 0.676 bits per heavy atom. The third-order valence-electron chi connectivity index (χ3n) is 6.00. The van der Waals surface area contributed by atoms with Gasteiger partial charge in [-0.15, -0.1) is 0 Å². The minimum atomic E-state index is -4.35. The molecule has 0 aliphatic rings. The molecule has 4 rings (SSSR count). The van der Waals surface area contributed by atoms with Crippen LogP contribution in [0.2, 0.25) is 0 Å². The summed E-state index contributed by atoms with van der Waals surface area (Å²) in [6.07, 6.45) is -1.73. The predicted molar refractivity (Wildman–Crippen MR) is 128 cm³/mol. The smallest absolute Gasteiger partial charge is 0.416 e. The predicted octanol–water partition coefficient (Wildman–Crippen LogP) is 7.97. The summed E-state index contributed by atoms with van der Waals surface area (Å²) in [6.45, 7) is 2.60. The van der Waals surface area contributed by atoms with Crippen LogP contribution in [0.25, 0.3) is 10.8 Å². The summed E-state index contributed by atoms with van der Waals surface area (Å²) >= 11 is 0. The molecule has 0 bridgehead atoms. The van der Waals surface area contributed by atoms with E-state index in [0.29, 0.717) is 30.4 Å². The molecule has 0 unspecified atom stereocenters. The largest absolute Gasteiger partial charge is 0.494 e. The van der Waals surface area contributed by atoms with Crippen LogP contribution in [0.4, 0.5) is 17.6 Å². The second kappa shape index (κ2) is 10.3. The molecule has 4 aromatic carbocycles. The highest BCUT2D eigenvalue weighted by Gasteiger charge is 2.29. The van der Waals surface area contributed by atoms with Crippen LogP contribution in [0, 0.1) is 5.82 Å². The molecule has 4 aromatic rings. The standard InChI is InChI=1S/C29H26F4O/c1-2-34-26-16-8-20(9-17-26)3-4-22-10-18-27-24(19-22)13-12-23(28(27)30)11-5-21-6-14-25(15-7-21)29(31,32)33/h6-10,12-19H,2-5,11H2,1H3. The third-order valence-corrected chi connectivity index (χ3v) is 6.00. The molecule has 0 saturated heterocycles. The van der Waals surface area contributed by atoms with Crippen LogP contribution in [0.15, 0.2) is 78.9 Å². The van der Waals surface area contributed by atoms with Crippen molar-refractivity contribution in [2.75, 3.05) is 6.61 Å². The van der Waals surface area contributed by atoms with E-state index in [1.807, 2.05) is 43.3 Å². The van der Waals surface area contributed by atoms with Gasteiger partial charge in [0.1, 0.15) is 11.6 Å². The van der Waals surface area contributed by atoms with Crippen molar-refractivity contribution in [2.24, 2.45) is 0 Å². The number of hydrogen-bond donors (Lipinski definition) is 0. The molecule has 0 aliphatic carbocycles. The molecular weight excluding hydrogens is 440 g/mol. The van der Waals surface area contributed by atoms with E-state index < -0.39 is 11.7 Å². The second-order valence-electron chi connectivity index (χ2n) is 8.37. The maximum absolute atomic E-state index is 15.1. The van der Waals surface area contributed by atoms with E-state index >= 15 is 4.39 Å². The van der Waals surface area contributed by atoms with Crippen LogP contribution in [-0.2, 0) is 31.9 Å². The van der Waals surface area contributed by atoms with Gasteiger partial charge in [0.2, 0.25) is 0 Å². The average molecular weight is 467 g/mol. The number of rotatable bonds is 8. The highest BCUT2D eigenvalue weighted by Crippen LogP contribution is 2.29. The number of benzene rings is 4. The molecule has 0 atom stereocenters. The molecule has 0 N–H and O–H groups in total. The maximum Gasteiger partial charge on any atom is 0.416 e. The van der Waals surface area contributed by atoms with Gasteiger partial charge >= 0.3 is 6.18 Å². The average Bonchev–Trinajstić information content (AvgIpc) is 2.83. The zero-order chi connectivity index (χ0) is 24.1. The summed E-state index contributed by atoms with van der Waals surface area (Å²) in [4.78, 5) is 0. The van der Waals surface area contributed by atoms with Crippen molar-refractivity contribution >= 4 is 10.8 Å². The second-order valence-corrected chi connectivity index (χ2v) is 8.37. The van der Waals surface area contributed by atoms with Gasteiger partial charge < -0.3 is 4.74 Å². The summed E-state index contributed by atoms with van der Waals surface area (Å²) in [5.41, 5.74) is 2.99. The van der Waals surface area contributed by atoms with E-state index in [9.17, 15) is 13.2 Å². The molecule has 1 nitrogen and oxygen atoms in total. The van der Waals surface area contributed by atoms with Crippen molar-refractivity contribution in [1.82, 2.24) is 0 Å². The fourth-order valence-corrected chi connectivity index (χ4v) is 4.08. The summed E-state index contributed by atoms with van der Waals surface area (Å²) in [6, 6.07) is 22.6. The zero-order valence-electron chi connectivity index (χ0n) is 19.0. The van der Waals surface area contributed by atoms with Gasteiger partial charge in [0.15, 0.2) is 0 Å². The Kier molecular flexibility index (Phi) is 7.20. The summed E-state index contributed by atoms with van der Waals surface area (Å²) in [5, 5.41) is 1.41. The lowest BCUT2D eigenvalue weighted by Gasteiger charge is -2.10. The van der Waals surface area contributed by atoms with Gasteiger partial charge in [-0.1, -0.05) is 54.6 Å². The first-order valence-electron chi connectivity index (χ1n) is 11.4. The van der Waals surface area contributed by atoms with Crippen LogP contribution < -0.4 is 4.74 Å². The van der Waals surface area contributed by atoms with E-state index in [1.165, 1.54) is 17.7 Å². The SMILES string of the molecule is CCOc1ccc(CCc2ccc3c(F)c(CCc4ccc(C(F)(F)F)cc4)ccc3c2)cc1. The lowest BCUT2D eigenvalue weighted by molar-refractivity contribution is -0.137. The Balaban J connectivity index is 1.41. The first kappa shape index (κ1) is 23.8. The van der Waals surface area contributed by atoms with Gasteiger partial charge in [0.25, 0.3) is 0 Å². The summed E-state index contributed by atoms with van der Waals surface area (Å²) in [7, 11) is 0. The fourth-order valence-electron chi connectivity index (χ4n) is 4.08. The van der Waals surface area contributed by atoms with E-state index in [4.69, 9.17) is 4.74 Å². The van der Waals surface area contributed by atoms with Gasteiger partial charge in [-0.25, -0.2) is 4.39 Å². The lowest BCUT2D eigenvalue weighted by atomic mass is 9.97. The molecule has 0 aromatic heterocycles. The van der Waals surface area contributed by atoms with E-state index in [1.54, 1.807) is 6.07 Å². The first-order valence-corrected chi connectivity index (χ1v) is 11.4. The highest BCUT2D eigenvalue weighted by atomic mass is 19.4. The number of fused-ring (bicyclic) bond motifs is 1. The number of hydrogen-bond acceptors (Lipinski definition) is 1. The number of ether oxygens (including phenoxy) is 1. The van der Waals surface area contributed by atoms with Crippen molar-refractivity contribution < 1.29 is 22.3 Å². The molecule has 0 aliphatic heterocycles. The minimum Gasteiger partial charge on any atom is -0.494 e. The Bertz CT molecular complexity index is 1240. The molecule has 0 spiro atoms. The highest BCUT2D eigenvalue weighted by molar-refractivity contribution is 5.84. The minimum absolute atomic E-state index is 0.262. The zero-order valence-corrected chi connectivity index (χ0v) is 19.0. The van der Waals surface area contributed by atoms with Gasteiger partial charge in [-0.05, 0) is 84.5 Å². The Morgan fingerprint density at radius 2 is 1.26 bits per heavy atom. The molecule has 34 heavy (non-hydrogen) atoms. The van der Waals surface area contributed by atoms with Crippen molar-refractivity contribution in [3.8, 4) is 5.75 Å². The number of aryl methyl sites for hydroxylation is 4.